The second kappa shape index (κ2) is 6.36. The normalized spacial score (nSPS) is 11.2. The van der Waals surface area contributed by atoms with E-state index < -0.39 is 5.60 Å². The Kier molecular flexibility index (Phi) is 5.09. The van der Waals surface area contributed by atoms with Crippen LogP contribution in [0.4, 0.5) is 0 Å². The van der Waals surface area contributed by atoms with E-state index in [2.05, 4.69) is 10.3 Å². The standard InChI is InChI=1S/C13H21N3O3/c1-13(2,3)19-12(18)6-5-11(17)15-9-10-14-7-8-16(10)4/h7-8H,5-6,9H2,1-4H3,(H,15,17). The van der Waals surface area contributed by atoms with E-state index in [1.165, 1.54) is 0 Å². The molecule has 6 nitrogen and oxygen atoms in total. The van der Waals surface area contributed by atoms with Crippen LogP contribution in [0.3, 0.4) is 0 Å². The van der Waals surface area contributed by atoms with Gasteiger partial charge in [-0.3, -0.25) is 9.59 Å². The lowest BCUT2D eigenvalue weighted by Crippen LogP contribution is -2.27. The molecule has 0 aliphatic rings. The molecule has 1 aromatic heterocycles. The maximum Gasteiger partial charge on any atom is 0.306 e. The second-order valence-corrected chi connectivity index (χ2v) is 5.32. The summed E-state index contributed by atoms with van der Waals surface area (Å²) >= 11 is 0. The number of carbonyl (C=O) groups excluding carboxylic acids is 2. The molecule has 0 unspecified atom stereocenters. The molecule has 1 N–H and O–H groups in total. The highest BCUT2D eigenvalue weighted by Gasteiger charge is 2.17. The minimum Gasteiger partial charge on any atom is -0.460 e. The molecule has 0 spiro atoms. The number of nitrogens with one attached hydrogen (secondary N) is 1. The van der Waals surface area contributed by atoms with Crippen molar-refractivity contribution in [3.05, 3.63) is 18.2 Å². The molecule has 0 aliphatic carbocycles. The van der Waals surface area contributed by atoms with Crippen LogP contribution in [0.15, 0.2) is 12.4 Å². The summed E-state index contributed by atoms with van der Waals surface area (Å²) in [5.41, 5.74) is -0.513. The van der Waals surface area contributed by atoms with Crippen molar-refractivity contribution in [3.63, 3.8) is 0 Å². The SMILES string of the molecule is Cn1ccnc1CNC(=O)CCC(=O)OC(C)(C)C. The molecule has 0 aromatic carbocycles. The number of aryl methyl sites for hydroxylation is 1. The smallest absolute Gasteiger partial charge is 0.306 e. The second-order valence-electron chi connectivity index (χ2n) is 5.32. The van der Waals surface area contributed by atoms with Crippen molar-refractivity contribution in [1.29, 1.82) is 0 Å². The summed E-state index contributed by atoms with van der Waals surface area (Å²) in [6.45, 7) is 5.75. The average molecular weight is 267 g/mol. The molecule has 1 rings (SSSR count). The van der Waals surface area contributed by atoms with Gasteiger partial charge in [0.15, 0.2) is 0 Å². The van der Waals surface area contributed by atoms with Crippen LogP contribution in [0.1, 0.15) is 39.4 Å². The number of ether oxygens (including phenoxy) is 1. The molecule has 0 radical (unpaired) electrons. The van der Waals surface area contributed by atoms with E-state index in [9.17, 15) is 9.59 Å². The van der Waals surface area contributed by atoms with Gasteiger partial charge in [0.25, 0.3) is 0 Å². The fourth-order valence-electron chi connectivity index (χ4n) is 1.44. The number of hydrogen-bond donors (Lipinski definition) is 1. The maximum atomic E-state index is 11.6. The molecule has 0 saturated carbocycles. The van der Waals surface area contributed by atoms with Crippen LogP contribution in [-0.4, -0.2) is 27.0 Å². The van der Waals surface area contributed by atoms with Gasteiger partial charge < -0.3 is 14.6 Å². The Hall–Kier alpha value is -1.85. The van der Waals surface area contributed by atoms with Gasteiger partial charge in [-0.1, -0.05) is 0 Å². The quantitative estimate of drug-likeness (QED) is 0.812. The van der Waals surface area contributed by atoms with Crippen LogP contribution < -0.4 is 5.32 Å². The van der Waals surface area contributed by atoms with Gasteiger partial charge in [0.2, 0.25) is 5.91 Å². The van der Waals surface area contributed by atoms with E-state index >= 15 is 0 Å². The lowest BCUT2D eigenvalue weighted by Gasteiger charge is -2.19. The first kappa shape index (κ1) is 15.2. The van der Waals surface area contributed by atoms with Crippen molar-refractivity contribution in [2.24, 2.45) is 7.05 Å². The molecule has 1 heterocycles. The summed E-state index contributed by atoms with van der Waals surface area (Å²) in [5.74, 6) is 0.221. The third-order valence-corrected chi connectivity index (χ3v) is 2.34. The van der Waals surface area contributed by atoms with E-state index in [1.807, 2.05) is 17.8 Å². The van der Waals surface area contributed by atoms with Crippen molar-refractivity contribution >= 4 is 11.9 Å². The third-order valence-electron chi connectivity index (χ3n) is 2.34. The van der Waals surface area contributed by atoms with E-state index in [1.54, 1.807) is 27.0 Å². The number of nitrogens with zero attached hydrogens (tertiary/aromatic N) is 2. The van der Waals surface area contributed by atoms with Gasteiger partial charge in [0.1, 0.15) is 11.4 Å². The molecule has 0 saturated heterocycles. The lowest BCUT2D eigenvalue weighted by molar-refractivity contribution is -0.155. The number of rotatable bonds is 5. The maximum absolute atomic E-state index is 11.6. The highest BCUT2D eigenvalue weighted by molar-refractivity contribution is 5.81. The van der Waals surface area contributed by atoms with Crippen LogP contribution in [0.2, 0.25) is 0 Å². The summed E-state index contributed by atoms with van der Waals surface area (Å²) in [6, 6.07) is 0. The fourth-order valence-corrected chi connectivity index (χ4v) is 1.44. The molecule has 0 aliphatic heterocycles. The Morgan fingerprint density at radius 1 is 1.37 bits per heavy atom. The van der Waals surface area contributed by atoms with E-state index in [0.717, 1.165) is 5.82 Å². The first-order valence-corrected chi connectivity index (χ1v) is 6.22. The van der Waals surface area contributed by atoms with Crippen LogP contribution in [0.25, 0.3) is 0 Å². The van der Waals surface area contributed by atoms with Gasteiger partial charge in [-0.2, -0.15) is 0 Å². The fraction of sp³-hybridized carbons (Fsp3) is 0.615. The zero-order chi connectivity index (χ0) is 14.5. The zero-order valence-corrected chi connectivity index (χ0v) is 11.9. The van der Waals surface area contributed by atoms with Gasteiger partial charge in [-0.15, -0.1) is 0 Å². The molecule has 0 bridgehead atoms. The van der Waals surface area contributed by atoms with Gasteiger partial charge in [0, 0.05) is 25.9 Å². The van der Waals surface area contributed by atoms with E-state index in [0.29, 0.717) is 6.54 Å². The average Bonchev–Trinajstić information content (AvgIpc) is 2.67. The Bertz CT molecular complexity index is 446. The van der Waals surface area contributed by atoms with Gasteiger partial charge in [-0.05, 0) is 20.8 Å². The van der Waals surface area contributed by atoms with Crippen molar-refractivity contribution in [3.8, 4) is 0 Å². The molecule has 19 heavy (non-hydrogen) atoms. The predicted molar refractivity (Wildman–Crippen MR) is 70.1 cm³/mol. The molecule has 6 heteroatoms. The van der Waals surface area contributed by atoms with Crippen LogP contribution in [-0.2, 0) is 27.9 Å². The van der Waals surface area contributed by atoms with Crippen LogP contribution >= 0.6 is 0 Å². The molecule has 0 fully saturated rings. The Morgan fingerprint density at radius 3 is 2.58 bits per heavy atom. The van der Waals surface area contributed by atoms with Crippen molar-refractivity contribution in [2.45, 2.75) is 45.8 Å². The van der Waals surface area contributed by atoms with Crippen LogP contribution in [0.5, 0.6) is 0 Å². The topological polar surface area (TPSA) is 73.2 Å². The number of hydrogen-bond acceptors (Lipinski definition) is 4. The number of amides is 1. The van der Waals surface area contributed by atoms with E-state index in [-0.39, 0.29) is 24.7 Å². The van der Waals surface area contributed by atoms with Crippen LogP contribution in [0, 0.1) is 0 Å². The Morgan fingerprint density at radius 2 is 2.05 bits per heavy atom. The van der Waals surface area contributed by atoms with Gasteiger partial charge in [0.05, 0.1) is 13.0 Å². The summed E-state index contributed by atoms with van der Waals surface area (Å²) in [4.78, 5) is 27.1. The summed E-state index contributed by atoms with van der Waals surface area (Å²) in [7, 11) is 1.86. The van der Waals surface area contributed by atoms with Crippen molar-refractivity contribution in [1.82, 2.24) is 14.9 Å². The third kappa shape index (κ3) is 6.03. The van der Waals surface area contributed by atoms with Crippen molar-refractivity contribution < 1.29 is 14.3 Å². The highest BCUT2D eigenvalue weighted by Crippen LogP contribution is 2.09. The molecule has 1 aromatic rings. The Labute approximate surface area is 113 Å². The highest BCUT2D eigenvalue weighted by atomic mass is 16.6. The lowest BCUT2D eigenvalue weighted by atomic mass is 10.2. The molecule has 106 valence electrons. The summed E-state index contributed by atoms with van der Waals surface area (Å²) in [5, 5.41) is 2.71. The van der Waals surface area contributed by atoms with Crippen molar-refractivity contribution in [2.75, 3.05) is 0 Å². The molecular weight excluding hydrogens is 246 g/mol. The minimum absolute atomic E-state index is 0.0870. The van der Waals surface area contributed by atoms with Gasteiger partial charge >= 0.3 is 5.97 Å². The number of aromatic nitrogens is 2. The number of esters is 1. The number of imidazole rings is 1. The molecule has 1 amide bonds. The first-order valence-electron chi connectivity index (χ1n) is 6.22. The molecular formula is C13H21N3O3. The monoisotopic (exact) mass is 267 g/mol. The summed E-state index contributed by atoms with van der Waals surface area (Å²) in [6.07, 6.45) is 3.69. The van der Waals surface area contributed by atoms with E-state index in [4.69, 9.17) is 4.74 Å². The predicted octanol–water partition coefficient (Wildman–Crippen LogP) is 1.16. The Balaban J connectivity index is 2.25. The van der Waals surface area contributed by atoms with Gasteiger partial charge in [-0.25, -0.2) is 4.98 Å². The number of carbonyl (C=O) groups is 2. The largest absolute Gasteiger partial charge is 0.460 e. The first-order chi connectivity index (χ1) is 8.78. The molecule has 0 atom stereocenters. The zero-order valence-electron chi connectivity index (χ0n) is 11.9. The summed E-state index contributed by atoms with van der Waals surface area (Å²) < 4.78 is 6.95. The minimum atomic E-state index is -0.513.